The first kappa shape index (κ1) is 18.0. The fourth-order valence-electron chi connectivity index (χ4n) is 2.50. The molecule has 0 aliphatic carbocycles. The minimum absolute atomic E-state index is 0.608. The molecule has 23 heavy (non-hydrogen) atoms. The zero-order valence-corrected chi connectivity index (χ0v) is 14.9. The number of hydrogen-bond acceptors (Lipinski definition) is 2. The van der Waals surface area contributed by atoms with E-state index in [2.05, 4.69) is 31.2 Å². The molecule has 0 saturated carbocycles. The molecule has 2 aromatic rings. The Bertz CT molecular complexity index is 548. The lowest BCUT2D eigenvalue weighted by Gasteiger charge is -2.19. The quantitative estimate of drug-likeness (QED) is 0.421. The van der Waals surface area contributed by atoms with Crippen LogP contribution in [0.4, 0.5) is 0 Å². The molecule has 0 radical (unpaired) electrons. The first-order valence-electron chi connectivity index (χ1n) is 8.52. The molecule has 0 aliphatic heterocycles. The van der Waals surface area contributed by atoms with Gasteiger partial charge in [0, 0.05) is 12.3 Å². The second kappa shape index (κ2) is 9.70. The maximum absolute atomic E-state index is 13.2. The fraction of sp³-hybridized carbons (Fsp3) is 0.400. The number of aryl methyl sites for hydroxylation is 2. The van der Waals surface area contributed by atoms with E-state index in [9.17, 15) is 4.57 Å². The van der Waals surface area contributed by atoms with E-state index in [1.54, 1.807) is 0 Å². The predicted octanol–water partition coefficient (Wildman–Crippen LogP) is 5.57. The Morgan fingerprint density at radius 1 is 0.826 bits per heavy atom. The summed E-state index contributed by atoms with van der Waals surface area (Å²) < 4.78 is 19.1. The van der Waals surface area contributed by atoms with Crippen LogP contribution in [0, 0.1) is 0 Å². The normalized spacial score (nSPS) is 11.5. The van der Waals surface area contributed by atoms with Gasteiger partial charge in [-0.15, -0.1) is 0 Å². The van der Waals surface area contributed by atoms with E-state index in [0.29, 0.717) is 18.9 Å². The third-order valence-electron chi connectivity index (χ3n) is 3.99. The molecule has 3 heteroatoms. The Hall–Kier alpha value is -1.37. The van der Waals surface area contributed by atoms with Crippen LogP contribution in [0.5, 0.6) is 0 Å². The van der Waals surface area contributed by atoms with Crippen molar-refractivity contribution in [2.75, 3.05) is 18.9 Å². The maximum atomic E-state index is 13.2. The zero-order valence-electron chi connectivity index (χ0n) is 14.0. The molecule has 0 saturated heterocycles. The van der Waals surface area contributed by atoms with Gasteiger partial charge in [0.05, 0.1) is 6.61 Å². The van der Waals surface area contributed by atoms with Gasteiger partial charge in [0.25, 0.3) is 0 Å². The van der Waals surface area contributed by atoms with Crippen LogP contribution in [-0.2, 0) is 21.9 Å². The van der Waals surface area contributed by atoms with Crippen molar-refractivity contribution in [1.82, 2.24) is 0 Å². The van der Waals surface area contributed by atoms with E-state index in [1.165, 1.54) is 11.1 Å². The van der Waals surface area contributed by atoms with Crippen molar-refractivity contribution in [1.29, 1.82) is 0 Å². The summed E-state index contributed by atoms with van der Waals surface area (Å²) in [5, 5.41) is 0. The van der Waals surface area contributed by atoms with Crippen molar-refractivity contribution in [2.45, 2.75) is 32.6 Å². The standard InChI is InChI=1S/C20H27O2P/c1-2-3-16-22-23(21,17-14-19-10-6-4-7-11-19)18-15-20-12-8-5-9-13-20/h4-13H,2-3,14-18H2,1H3. The van der Waals surface area contributed by atoms with Crippen LogP contribution >= 0.6 is 7.37 Å². The highest BCUT2D eigenvalue weighted by Gasteiger charge is 2.22. The van der Waals surface area contributed by atoms with Gasteiger partial charge in [-0.05, 0) is 30.4 Å². The second-order valence-corrected chi connectivity index (χ2v) is 8.70. The lowest BCUT2D eigenvalue weighted by Crippen LogP contribution is -2.06. The van der Waals surface area contributed by atoms with Crippen LogP contribution in [0.2, 0.25) is 0 Å². The first-order chi connectivity index (χ1) is 11.2. The number of hydrogen-bond donors (Lipinski definition) is 0. The van der Waals surface area contributed by atoms with Gasteiger partial charge in [-0.3, -0.25) is 4.57 Å². The van der Waals surface area contributed by atoms with Crippen molar-refractivity contribution < 1.29 is 9.09 Å². The summed E-state index contributed by atoms with van der Waals surface area (Å²) in [4.78, 5) is 0. The number of benzene rings is 2. The summed E-state index contributed by atoms with van der Waals surface area (Å²) in [6, 6.07) is 20.5. The van der Waals surface area contributed by atoms with Gasteiger partial charge in [-0.2, -0.15) is 0 Å². The van der Waals surface area contributed by atoms with Crippen molar-refractivity contribution in [3.63, 3.8) is 0 Å². The smallest absolute Gasteiger partial charge is 0.203 e. The minimum atomic E-state index is -2.58. The molecule has 0 atom stereocenters. The molecular weight excluding hydrogens is 303 g/mol. The maximum Gasteiger partial charge on any atom is 0.203 e. The second-order valence-electron chi connectivity index (χ2n) is 5.92. The number of unbranched alkanes of at least 4 members (excludes halogenated alkanes) is 1. The molecular formula is C20H27O2P. The molecule has 0 bridgehead atoms. The Morgan fingerprint density at radius 2 is 1.30 bits per heavy atom. The molecule has 0 unspecified atom stereocenters. The van der Waals surface area contributed by atoms with Crippen molar-refractivity contribution in [3.8, 4) is 0 Å². The van der Waals surface area contributed by atoms with Crippen LogP contribution in [0.15, 0.2) is 60.7 Å². The average Bonchev–Trinajstić information content (AvgIpc) is 2.61. The molecule has 0 spiro atoms. The van der Waals surface area contributed by atoms with Crippen LogP contribution < -0.4 is 0 Å². The molecule has 2 aromatic carbocycles. The lowest BCUT2D eigenvalue weighted by molar-refractivity contribution is 0.305. The van der Waals surface area contributed by atoms with Crippen LogP contribution in [0.3, 0.4) is 0 Å². The highest BCUT2D eigenvalue weighted by atomic mass is 31.2. The van der Waals surface area contributed by atoms with E-state index in [1.807, 2.05) is 36.4 Å². The molecule has 0 aliphatic rings. The molecule has 0 heterocycles. The highest BCUT2D eigenvalue weighted by molar-refractivity contribution is 7.58. The summed E-state index contributed by atoms with van der Waals surface area (Å²) in [6.45, 7) is 2.74. The molecule has 0 fully saturated rings. The van der Waals surface area contributed by atoms with Crippen molar-refractivity contribution in [3.05, 3.63) is 71.8 Å². The Balaban J connectivity index is 1.94. The predicted molar refractivity (Wildman–Crippen MR) is 98.5 cm³/mol. The Kier molecular flexibility index (Phi) is 7.58. The summed E-state index contributed by atoms with van der Waals surface area (Å²) in [6.07, 6.45) is 4.94. The van der Waals surface area contributed by atoms with Crippen LogP contribution in [0.1, 0.15) is 30.9 Å². The van der Waals surface area contributed by atoms with Crippen LogP contribution in [0.25, 0.3) is 0 Å². The molecule has 2 nitrogen and oxygen atoms in total. The third-order valence-corrected chi connectivity index (χ3v) is 6.46. The number of rotatable bonds is 10. The lowest BCUT2D eigenvalue weighted by atomic mass is 10.2. The summed E-state index contributed by atoms with van der Waals surface area (Å²) in [7, 11) is -2.58. The molecule has 0 N–H and O–H groups in total. The molecule has 0 aromatic heterocycles. The monoisotopic (exact) mass is 330 g/mol. The van der Waals surface area contributed by atoms with E-state index in [-0.39, 0.29) is 0 Å². The van der Waals surface area contributed by atoms with Gasteiger partial charge in [0.1, 0.15) is 0 Å². The molecule has 124 valence electrons. The Morgan fingerprint density at radius 3 is 1.74 bits per heavy atom. The summed E-state index contributed by atoms with van der Waals surface area (Å²) in [5.74, 6) is 0. The average molecular weight is 330 g/mol. The topological polar surface area (TPSA) is 26.3 Å². The van der Waals surface area contributed by atoms with Gasteiger partial charge in [0.15, 0.2) is 0 Å². The zero-order chi connectivity index (χ0) is 16.4. The minimum Gasteiger partial charge on any atom is -0.328 e. The van der Waals surface area contributed by atoms with Gasteiger partial charge >= 0.3 is 0 Å². The Labute approximate surface area is 140 Å². The first-order valence-corrected chi connectivity index (χ1v) is 10.5. The SMILES string of the molecule is CCCCOP(=O)(CCc1ccccc1)CCc1ccccc1. The largest absolute Gasteiger partial charge is 0.328 e. The van der Waals surface area contributed by atoms with Gasteiger partial charge < -0.3 is 4.52 Å². The third kappa shape index (κ3) is 6.72. The van der Waals surface area contributed by atoms with Crippen molar-refractivity contribution >= 4 is 7.37 Å². The van der Waals surface area contributed by atoms with Gasteiger partial charge in [-0.25, -0.2) is 0 Å². The van der Waals surface area contributed by atoms with E-state index >= 15 is 0 Å². The fourth-order valence-corrected chi connectivity index (χ4v) is 4.65. The van der Waals surface area contributed by atoms with Gasteiger partial charge in [0.2, 0.25) is 7.37 Å². The van der Waals surface area contributed by atoms with Gasteiger partial charge in [-0.1, -0.05) is 74.0 Å². The van der Waals surface area contributed by atoms with E-state index in [0.717, 1.165) is 25.7 Å². The molecule has 0 amide bonds. The highest BCUT2D eigenvalue weighted by Crippen LogP contribution is 2.48. The summed E-state index contributed by atoms with van der Waals surface area (Å²) in [5.41, 5.74) is 2.46. The van der Waals surface area contributed by atoms with E-state index < -0.39 is 7.37 Å². The molecule has 2 rings (SSSR count). The van der Waals surface area contributed by atoms with E-state index in [4.69, 9.17) is 4.52 Å². The van der Waals surface area contributed by atoms with Crippen molar-refractivity contribution in [2.24, 2.45) is 0 Å². The van der Waals surface area contributed by atoms with Crippen LogP contribution in [-0.4, -0.2) is 18.9 Å². The summed E-state index contributed by atoms with van der Waals surface area (Å²) >= 11 is 0.